The second kappa shape index (κ2) is 4.75. The van der Waals surface area contributed by atoms with E-state index < -0.39 is 0 Å². The number of rotatable bonds is 2. The Bertz CT molecular complexity index is 196. The van der Waals surface area contributed by atoms with Gasteiger partial charge in [0.25, 0.3) is 0 Å². The SMILES string of the molecule is O=C(NC1CCCOC1)C1CCNC1. The van der Waals surface area contributed by atoms with Crippen LogP contribution in [-0.4, -0.2) is 38.3 Å². The van der Waals surface area contributed by atoms with E-state index in [0.29, 0.717) is 6.61 Å². The minimum absolute atomic E-state index is 0.178. The lowest BCUT2D eigenvalue weighted by Gasteiger charge is -2.24. The zero-order chi connectivity index (χ0) is 9.80. The molecule has 2 fully saturated rings. The van der Waals surface area contributed by atoms with Crippen molar-refractivity contribution in [1.29, 1.82) is 0 Å². The summed E-state index contributed by atoms with van der Waals surface area (Å²) in [5.41, 5.74) is 0. The van der Waals surface area contributed by atoms with Crippen LogP contribution >= 0.6 is 0 Å². The van der Waals surface area contributed by atoms with Crippen LogP contribution in [0.25, 0.3) is 0 Å². The first-order valence-corrected chi connectivity index (χ1v) is 5.45. The van der Waals surface area contributed by atoms with Crippen molar-refractivity contribution in [2.75, 3.05) is 26.3 Å². The zero-order valence-electron chi connectivity index (χ0n) is 8.42. The highest BCUT2D eigenvalue weighted by molar-refractivity contribution is 5.79. The van der Waals surface area contributed by atoms with Gasteiger partial charge >= 0.3 is 0 Å². The standard InChI is InChI=1S/C10H18N2O2/c13-10(8-3-4-11-6-8)12-9-2-1-5-14-7-9/h8-9,11H,1-7H2,(H,12,13). The molecule has 0 spiro atoms. The molecule has 0 aromatic rings. The van der Waals surface area contributed by atoms with Crippen LogP contribution in [0.15, 0.2) is 0 Å². The maximum Gasteiger partial charge on any atom is 0.224 e. The Kier molecular flexibility index (Phi) is 3.37. The molecule has 2 rings (SSSR count). The van der Waals surface area contributed by atoms with Crippen LogP contribution in [0.3, 0.4) is 0 Å². The summed E-state index contributed by atoms with van der Waals surface area (Å²) in [6, 6.07) is 0.247. The van der Waals surface area contributed by atoms with Gasteiger partial charge in [-0.1, -0.05) is 0 Å². The molecule has 14 heavy (non-hydrogen) atoms. The van der Waals surface area contributed by atoms with E-state index in [1.165, 1.54) is 0 Å². The minimum Gasteiger partial charge on any atom is -0.379 e. The van der Waals surface area contributed by atoms with E-state index in [1.807, 2.05) is 0 Å². The van der Waals surface area contributed by atoms with Crippen LogP contribution in [0.5, 0.6) is 0 Å². The third-order valence-electron chi connectivity index (χ3n) is 2.94. The summed E-state index contributed by atoms with van der Waals surface area (Å²) in [6.45, 7) is 3.34. The van der Waals surface area contributed by atoms with Gasteiger partial charge in [0, 0.05) is 13.2 Å². The molecule has 2 N–H and O–H groups in total. The normalized spacial score (nSPS) is 32.9. The molecule has 0 saturated carbocycles. The van der Waals surface area contributed by atoms with Crippen molar-refractivity contribution in [2.24, 2.45) is 5.92 Å². The van der Waals surface area contributed by atoms with Gasteiger partial charge in [-0.05, 0) is 25.8 Å². The van der Waals surface area contributed by atoms with Crippen molar-refractivity contribution in [3.05, 3.63) is 0 Å². The molecule has 2 aliphatic heterocycles. The van der Waals surface area contributed by atoms with E-state index in [2.05, 4.69) is 10.6 Å². The first kappa shape index (κ1) is 9.93. The number of amides is 1. The molecule has 4 nitrogen and oxygen atoms in total. The topological polar surface area (TPSA) is 50.4 Å². The second-order valence-electron chi connectivity index (χ2n) is 4.11. The highest BCUT2D eigenvalue weighted by Gasteiger charge is 2.25. The number of ether oxygens (including phenoxy) is 1. The molecule has 2 unspecified atom stereocenters. The molecule has 0 bridgehead atoms. The summed E-state index contributed by atoms with van der Waals surface area (Å²) in [7, 11) is 0. The predicted octanol–water partition coefficient (Wildman–Crippen LogP) is -0.109. The molecule has 0 aromatic heterocycles. The van der Waals surface area contributed by atoms with Gasteiger partial charge in [-0.15, -0.1) is 0 Å². The third-order valence-corrected chi connectivity index (χ3v) is 2.94. The number of carbonyl (C=O) groups is 1. The third kappa shape index (κ3) is 2.45. The van der Waals surface area contributed by atoms with E-state index >= 15 is 0 Å². The van der Waals surface area contributed by atoms with E-state index in [1.54, 1.807) is 0 Å². The highest BCUT2D eigenvalue weighted by atomic mass is 16.5. The Morgan fingerprint density at radius 2 is 2.36 bits per heavy atom. The summed E-state index contributed by atoms with van der Waals surface area (Å²) in [6.07, 6.45) is 3.10. The van der Waals surface area contributed by atoms with Crippen LogP contribution < -0.4 is 10.6 Å². The van der Waals surface area contributed by atoms with E-state index in [-0.39, 0.29) is 17.9 Å². The second-order valence-corrected chi connectivity index (χ2v) is 4.11. The maximum absolute atomic E-state index is 11.7. The monoisotopic (exact) mass is 198 g/mol. The molecule has 2 saturated heterocycles. The number of hydrogen-bond acceptors (Lipinski definition) is 3. The lowest BCUT2D eigenvalue weighted by atomic mass is 10.1. The Labute approximate surface area is 84.4 Å². The molecule has 1 amide bonds. The molecule has 0 aromatic carbocycles. The predicted molar refractivity (Wildman–Crippen MR) is 53.0 cm³/mol. The average molecular weight is 198 g/mol. The number of carbonyl (C=O) groups excluding carboxylic acids is 1. The number of hydrogen-bond donors (Lipinski definition) is 2. The first-order valence-electron chi connectivity index (χ1n) is 5.45. The van der Waals surface area contributed by atoms with Crippen molar-refractivity contribution in [2.45, 2.75) is 25.3 Å². The number of nitrogens with one attached hydrogen (secondary N) is 2. The largest absolute Gasteiger partial charge is 0.379 e. The van der Waals surface area contributed by atoms with Crippen LogP contribution in [0.1, 0.15) is 19.3 Å². The summed E-state index contributed by atoms with van der Waals surface area (Å²) in [5.74, 6) is 0.377. The Morgan fingerprint density at radius 1 is 1.43 bits per heavy atom. The van der Waals surface area contributed by atoms with Gasteiger partial charge in [0.15, 0.2) is 0 Å². The fourth-order valence-electron chi connectivity index (χ4n) is 2.05. The van der Waals surface area contributed by atoms with Crippen molar-refractivity contribution >= 4 is 5.91 Å². The van der Waals surface area contributed by atoms with Gasteiger partial charge in [-0.2, -0.15) is 0 Å². The molecular weight excluding hydrogens is 180 g/mol. The van der Waals surface area contributed by atoms with Gasteiger partial charge in [0.1, 0.15) is 0 Å². The van der Waals surface area contributed by atoms with Gasteiger partial charge < -0.3 is 15.4 Å². The zero-order valence-corrected chi connectivity index (χ0v) is 8.42. The molecule has 2 aliphatic rings. The van der Waals surface area contributed by atoms with E-state index in [0.717, 1.165) is 39.0 Å². The van der Waals surface area contributed by atoms with Crippen molar-refractivity contribution < 1.29 is 9.53 Å². The fraction of sp³-hybridized carbons (Fsp3) is 0.900. The van der Waals surface area contributed by atoms with Crippen molar-refractivity contribution in [1.82, 2.24) is 10.6 Å². The van der Waals surface area contributed by atoms with Crippen LogP contribution in [0, 0.1) is 5.92 Å². The van der Waals surface area contributed by atoms with Gasteiger partial charge in [-0.25, -0.2) is 0 Å². The molecular formula is C10H18N2O2. The highest BCUT2D eigenvalue weighted by Crippen LogP contribution is 2.10. The van der Waals surface area contributed by atoms with Crippen LogP contribution in [0.4, 0.5) is 0 Å². The smallest absolute Gasteiger partial charge is 0.224 e. The first-order chi connectivity index (χ1) is 6.86. The van der Waals surface area contributed by atoms with E-state index in [9.17, 15) is 4.79 Å². The summed E-state index contributed by atoms with van der Waals surface area (Å²) >= 11 is 0. The Morgan fingerprint density at radius 3 is 3.00 bits per heavy atom. The van der Waals surface area contributed by atoms with Gasteiger partial charge in [-0.3, -0.25) is 4.79 Å². The quantitative estimate of drug-likeness (QED) is 0.651. The average Bonchev–Trinajstić information content (AvgIpc) is 2.72. The van der Waals surface area contributed by atoms with Crippen LogP contribution in [0.2, 0.25) is 0 Å². The summed E-state index contributed by atoms with van der Waals surface area (Å²) in [4.78, 5) is 11.7. The molecule has 4 heteroatoms. The summed E-state index contributed by atoms with van der Waals surface area (Å²) < 4.78 is 5.32. The van der Waals surface area contributed by atoms with E-state index in [4.69, 9.17) is 4.74 Å². The van der Waals surface area contributed by atoms with Crippen LogP contribution in [-0.2, 0) is 9.53 Å². The lowest BCUT2D eigenvalue weighted by molar-refractivity contribution is -0.126. The molecule has 2 atom stereocenters. The molecule has 0 aliphatic carbocycles. The van der Waals surface area contributed by atoms with Gasteiger partial charge in [0.05, 0.1) is 18.6 Å². The minimum atomic E-state index is 0.178. The Hall–Kier alpha value is -0.610. The van der Waals surface area contributed by atoms with Crippen molar-refractivity contribution in [3.8, 4) is 0 Å². The molecule has 80 valence electrons. The molecule has 0 radical (unpaired) electrons. The van der Waals surface area contributed by atoms with Gasteiger partial charge in [0.2, 0.25) is 5.91 Å². The molecule has 2 heterocycles. The van der Waals surface area contributed by atoms with Crippen molar-refractivity contribution in [3.63, 3.8) is 0 Å². The lowest BCUT2D eigenvalue weighted by Crippen LogP contribution is -2.43. The maximum atomic E-state index is 11.7. The summed E-state index contributed by atoms with van der Waals surface area (Å²) in [5, 5.41) is 6.26. The fourth-order valence-corrected chi connectivity index (χ4v) is 2.05. The Balaban J connectivity index is 1.75.